The molecule has 1 aliphatic rings. The van der Waals surface area contributed by atoms with Crippen molar-refractivity contribution in [1.82, 2.24) is 15.1 Å². The molecule has 1 saturated heterocycles. The molecule has 2 aromatic rings. The molecule has 6 heteroatoms. The lowest BCUT2D eigenvalue weighted by atomic mass is 9.96. The smallest absolute Gasteiger partial charge is 0.130 e. The van der Waals surface area contributed by atoms with Crippen molar-refractivity contribution < 1.29 is 13.5 Å². The van der Waals surface area contributed by atoms with Crippen LogP contribution < -0.4 is 5.32 Å². The average Bonchev–Trinajstić information content (AvgIpc) is 3.25. The summed E-state index contributed by atoms with van der Waals surface area (Å²) in [6, 6.07) is 3.64. The van der Waals surface area contributed by atoms with E-state index >= 15 is 0 Å². The molecule has 1 N–H and O–H groups in total. The van der Waals surface area contributed by atoms with Gasteiger partial charge >= 0.3 is 0 Å². The van der Waals surface area contributed by atoms with Gasteiger partial charge in [0.05, 0.1) is 12.3 Å². The molecule has 0 spiro atoms. The third-order valence-electron chi connectivity index (χ3n) is 4.89. The van der Waals surface area contributed by atoms with Crippen molar-refractivity contribution in [3.8, 4) is 0 Å². The highest BCUT2D eigenvalue weighted by Gasteiger charge is 2.31. The molecule has 0 radical (unpaired) electrons. The average molecular weight is 349 g/mol. The van der Waals surface area contributed by atoms with E-state index in [1.807, 2.05) is 24.0 Å². The molecule has 3 rings (SSSR count). The maximum atomic E-state index is 14.1. The van der Waals surface area contributed by atoms with Gasteiger partial charge < -0.3 is 10.1 Å². The SMILES string of the molecule is CC[C@H](NC[C@H]1CCO[C@H]1c1cnn(CC)c1)c1ccc(F)cc1F. The van der Waals surface area contributed by atoms with Crippen LogP contribution in [0.25, 0.3) is 0 Å². The Balaban J connectivity index is 1.66. The Hall–Kier alpha value is -1.79. The van der Waals surface area contributed by atoms with Gasteiger partial charge in [-0.15, -0.1) is 0 Å². The first-order valence-corrected chi connectivity index (χ1v) is 8.94. The number of aryl methyl sites for hydroxylation is 1. The number of hydrogen-bond donors (Lipinski definition) is 1. The van der Waals surface area contributed by atoms with Gasteiger partial charge in [-0.05, 0) is 25.8 Å². The van der Waals surface area contributed by atoms with Gasteiger partial charge in [0.1, 0.15) is 11.6 Å². The van der Waals surface area contributed by atoms with Gasteiger partial charge in [0, 0.05) is 55.0 Å². The molecule has 1 aliphatic heterocycles. The summed E-state index contributed by atoms with van der Waals surface area (Å²) in [4.78, 5) is 0. The number of halogens is 2. The molecule has 2 heterocycles. The Morgan fingerprint density at radius 3 is 2.88 bits per heavy atom. The van der Waals surface area contributed by atoms with E-state index in [-0.39, 0.29) is 12.1 Å². The van der Waals surface area contributed by atoms with Crippen LogP contribution in [0.1, 0.15) is 50.0 Å². The minimum absolute atomic E-state index is 0.0170. The fraction of sp³-hybridized carbons (Fsp3) is 0.526. The van der Waals surface area contributed by atoms with Gasteiger partial charge in [0.15, 0.2) is 0 Å². The number of ether oxygens (including phenoxy) is 1. The van der Waals surface area contributed by atoms with E-state index in [2.05, 4.69) is 17.3 Å². The van der Waals surface area contributed by atoms with Crippen molar-refractivity contribution in [2.24, 2.45) is 5.92 Å². The summed E-state index contributed by atoms with van der Waals surface area (Å²) in [5.41, 5.74) is 1.60. The number of rotatable bonds is 7. The molecular weight excluding hydrogens is 324 g/mol. The van der Waals surface area contributed by atoms with Crippen molar-refractivity contribution >= 4 is 0 Å². The Kier molecular flexibility index (Phi) is 5.81. The van der Waals surface area contributed by atoms with Crippen molar-refractivity contribution in [2.45, 2.75) is 45.4 Å². The van der Waals surface area contributed by atoms with Crippen molar-refractivity contribution in [3.05, 3.63) is 53.4 Å². The van der Waals surface area contributed by atoms with Crippen molar-refractivity contribution in [3.63, 3.8) is 0 Å². The highest BCUT2D eigenvalue weighted by atomic mass is 19.1. The third kappa shape index (κ3) is 4.07. The van der Waals surface area contributed by atoms with Gasteiger partial charge in [-0.1, -0.05) is 13.0 Å². The van der Waals surface area contributed by atoms with E-state index < -0.39 is 11.6 Å². The highest BCUT2D eigenvalue weighted by molar-refractivity contribution is 5.22. The molecule has 1 fully saturated rings. The van der Waals surface area contributed by atoms with Gasteiger partial charge in [-0.25, -0.2) is 8.78 Å². The van der Waals surface area contributed by atoms with Crippen LogP contribution in [0.5, 0.6) is 0 Å². The van der Waals surface area contributed by atoms with Crippen molar-refractivity contribution in [2.75, 3.05) is 13.2 Å². The summed E-state index contributed by atoms with van der Waals surface area (Å²) < 4.78 is 35.0. The Labute approximate surface area is 147 Å². The highest BCUT2D eigenvalue weighted by Crippen LogP contribution is 2.34. The summed E-state index contributed by atoms with van der Waals surface area (Å²) in [6.07, 6.45) is 5.60. The van der Waals surface area contributed by atoms with E-state index in [4.69, 9.17) is 4.74 Å². The van der Waals surface area contributed by atoms with Crippen LogP contribution in [0.15, 0.2) is 30.6 Å². The second kappa shape index (κ2) is 8.06. The lowest BCUT2D eigenvalue weighted by Crippen LogP contribution is -2.29. The van der Waals surface area contributed by atoms with Crippen molar-refractivity contribution in [1.29, 1.82) is 0 Å². The Morgan fingerprint density at radius 2 is 2.20 bits per heavy atom. The quantitative estimate of drug-likeness (QED) is 0.821. The molecule has 3 atom stereocenters. The van der Waals surface area contributed by atoms with Gasteiger partial charge in [0.25, 0.3) is 0 Å². The fourth-order valence-electron chi connectivity index (χ4n) is 3.46. The largest absolute Gasteiger partial charge is 0.373 e. The number of nitrogens with one attached hydrogen (secondary N) is 1. The Bertz CT molecular complexity index is 704. The van der Waals surface area contributed by atoms with Crippen LogP contribution in [0.4, 0.5) is 8.78 Å². The van der Waals surface area contributed by atoms with Crippen LogP contribution in [0, 0.1) is 17.6 Å². The van der Waals surface area contributed by atoms with Gasteiger partial charge in [0.2, 0.25) is 0 Å². The van der Waals surface area contributed by atoms with Crippen LogP contribution >= 0.6 is 0 Å². The number of benzene rings is 1. The summed E-state index contributed by atoms with van der Waals surface area (Å²) in [6.45, 7) is 6.31. The van der Waals surface area contributed by atoms with Crippen LogP contribution in [0.2, 0.25) is 0 Å². The molecule has 0 amide bonds. The summed E-state index contributed by atoms with van der Waals surface area (Å²) in [5.74, 6) is -0.733. The zero-order chi connectivity index (χ0) is 17.8. The molecule has 0 saturated carbocycles. The molecule has 136 valence electrons. The topological polar surface area (TPSA) is 39.1 Å². The minimum Gasteiger partial charge on any atom is -0.373 e. The summed E-state index contributed by atoms with van der Waals surface area (Å²) >= 11 is 0. The van der Waals surface area contributed by atoms with Gasteiger partial charge in [-0.3, -0.25) is 4.68 Å². The lowest BCUT2D eigenvalue weighted by Gasteiger charge is -2.23. The monoisotopic (exact) mass is 349 g/mol. The molecule has 0 unspecified atom stereocenters. The number of nitrogens with zero attached hydrogens (tertiary/aromatic N) is 2. The number of hydrogen-bond acceptors (Lipinski definition) is 3. The first-order valence-electron chi connectivity index (χ1n) is 8.94. The molecule has 1 aromatic heterocycles. The van der Waals surface area contributed by atoms with E-state index in [9.17, 15) is 8.78 Å². The molecule has 1 aromatic carbocycles. The van der Waals surface area contributed by atoms with E-state index in [1.54, 1.807) is 0 Å². The molecule has 0 bridgehead atoms. The first-order chi connectivity index (χ1) is 12.1. The fourth-order valence-corrected chi connectivity index (χ4v) is 3.46. The summed E-state index contributed by atoms with van der Waals surface area (Å²) in [7, 11) is 0. The normalized spacial score (nSPS) is 21.6. The predicted octanol–water partition coefficient (Wildman–Crippen LogP) is 4.00. The van der Waals surface area contributed by atoms with Gasteiger partial charge in [-0.2, -0.15) is 5.10 Å². The van der Waals surface area contributed by atoms with Crippen LogP contribution in [-0.2, 0) is 11.3 Å². The third-order valence-corrected chi connectivity index (χ3v) is 4.89. The minimum atomic E-state index is -0.548. The van der Waals surface area contributed by atoms with Crippen LogP contribution in [0.3, 0.4) is 0 Å². The second-order valence-corrected chi connectivity index (χ2v) is 6.50. The van der Waals surface area contributed by atoms with Crippen LogP contribution in [-0.4, -0.2) is 22.9 Å². The standard InChI is InChI=1S/C19H25F2N3O/c1-3-18(16-6-5-15(20)9-17(16)21)22-10-13-7-8-25-19(13)14-11-23-24(4-2)12-14/h5-6,9,11-13,18-19,22H,3-4,7-8,10H2,1-2H3/t13-,18+,19-/m1/s1. The Morgan fingerprint density at radius 1 is 1.36 bits per heavy atom. The lowest BCUT2D eigenvalue weighted by molar-refractivity contribution is 0.0896. The molecule has 4 nitrogen and oxygen atoms in total. The second-order valence-electron chi connectivity index (χ2n) is 6.50. The maximum Gasteiger partial charge on any atom is 0.130 e. The zero-order valence-electron chi connectivity index (χ0n) is 14.7. The predicted molar refractivity (Wildman–Crippen MR) is 92.1 cm³/mol. The zero-order valence-corrected chi connectivity index (χ0v) is 14.7. The molecular formula is C19H25F2N3O. The first kappa shape index (κ1) is 18.0. The summed E-state index contributed by atoms with van der Waals surface area (Å²) in [5, 5.41) is 7.76. The van der Waals surface area contributed by atoms with E-state index in [1.165, 1.54) is 12.1 Å². The molecule has 25 heavy (non-hydrogen) atoms. The maximum absolute atomic E-state index is 14.1. The number of aromatic nitrogens is 2. The van der Waals surface area contributed by atoms with E-state index in [0.29, 0.717) is 11.5 Å². The van der Waals surface area contributed by atoms with E-state index in [0.717, 1.165) is 44.2 Å². The molecule has 0 aliphatic carbocycles.